The first-order valence-electron chi connectivity index (χ1n) is 4.26. The van der Waals surface area contributed by atoms with Crippen molar-refractivity contribution >= 4 is 16.8 Å². The number of esters is 1. The molecule has 0 spiro atoms. The molecule has 0 saturated heterocycles. The average molecular weight is 212 g/mol. The van der Waals surface area contributed by atoms with Crippen molar-refractivity contribution in [3.8, 4) is 0 Å². The van der Waals surface area contributed by atoms with E-state index >= 15 is 0 Å². The van der Waals surface area contributed by atoms with E-state index in [-0.39, 0.29) is 0 Å². The van der Waals surface area contributed by atoms with Crippen molar-refractivity contribution in [2.45, 2.75) is 11.8 Å². The molecule has 14 heavy (non-hydrogen) atoms. The Balaban J connectivity index is 3.07. The molecule has 1 aromatic carbocycles. The first-order valence-corrected chi connectivity index (χ1v) is 5.82. The Bertz CT molecular complexity index is 360. The zero-order valence-corrected chi connectivity index (χ0v) is 8.97. The molecule has 0 N–H and O–H groups in total. The predicted molar refractivity (Wildman–Crippen MR) is 54.7 cm³/mol. The van der Waals surface area contributed by atoms with E-state index in [1.54, 1.807) is 31.2 Å². The largest absolute Gasteiger partial charge is 0.462 e. The van der Waals surface area contributed by atoms with Crippen LogP contribution in [0.25, 0.3) is 0 Å². The Morgan fingerprint density at radius 3 is 2.64 bits per heavy atom. The maximum absolute atomic E-state index is 11.4. The van der Waals surface area contributed by atoms with Gasteiger partial charge in [0.05, 0.1) is 27.9 Å². The molecule has 0 fully saturated rings. The molecule has 4 heteroatoms. The summed E-state index contributed by atoms with van der Waals surface area (Å²) < 4.78 is 16.1. The molecule has 0 aliphatic rings. The second-order valence-electron chi connectivity index (χ2n) is 2.67. The molecule has 0 saturated carbocycles. The highest BCUT2D eigenvalue weighted by atomic mass is 32.2. The Kier molecular flexibility index (Phi) is 3.83. The van der Waals surface area contributed by atoms with E-state index in [0.717, 1.165) is 0 Å². The quantitative estimate of drug-likeness (QED) is 0.715. The highest BCUT2D eigenvalue weighted by Gasteiger charge is 2.13. The Labute approximate surface area is 85.5 Å². The van der Waals surface area contributed by atoms with Gasteiger partial charge in [0, 0.05) is 6.26 Å². The van der Waals surface area contributed by atoms with Gasteiger partial charge in [0.2, 0.25) is 0 Å². The molecule has 3 nitrogen and oxygen atoms in total. The number of hydrogen-bond acceptors (Lipinski definition) is 3. The first kappa shape index (κ1) is 10.9. The van der Waals surface area contributed by atoms with Crippen LogP contribution in [0, 0.1) is 0 Å². The fourth-order valence-electron chi connectivity index (χ4n) is 1.09. The third-order valence-electron chi connectivity index (χ3n) is 1.69. The molecule has 1 unspecified atom stereocenters. The molecule has 1 rings (SSSR count). The Hall–Kier alpha value is -1.16. The fraction of sp³-hybridized carbons (Fsp3) is 0.300. The van der Waals surface area contributed by atoms with Gasteiger partial charge in [-0.3, -0.25) is 4.21 Å². The minimum atomic E-state index is -1.17. The summed E-state index contributed by atoms with van der Waals surface area (Å²) in [6.07, 6.45) is 1.54. The van der Waals surface area contributed by atoms with Crippen LogP contribution in [0.4, 0.5) is 0 Å². The van der Waals surface area contributed by atoms with Crippen LogP contribution in [0.3, 0.4) is 0 Å². The molecule has 0 aliphatic heterocycles. The lowest BCUT2D eigenvalue weighted by Gasteiger charge is -2.05. The normalized spacial score (nSPS) is 12.1. The number of benzene rings is 1. The molecule has 0 bridgehead atoms. The van der Waals surface area contributed by atoms with Gasteiger partial charge < -0.3 is 4.74 Å². The van der Waals surface area contributed by atoms with E-state index in [1.165, 1.54) is 6.26 Å². The number of hydrogen-bond donors (Lipinski definition) is 0. The van der Waals surface area contributed by atoms with E-state index in [1.807, 2.05) is 0 Å². The van der Waals surface area contributed by atoms with Gasteiger partial charge in [-0.2, -0.15) is 0 Å². The zero-order valence-electron chi connectivity index (χ0n) is 8.15. The number of rotatable bonds is 3. The highest BCUT2D eigenvalue weighted by molar-refractivity contribution is 7.84. The van der Waals surface area contributed by atoms with Gasteiger partial charge in [-0.05, 0) is 19.1 Å². The summed E-state index contributed by atoms with van der Waals surface area (Å²) >= 11 is 0. The number of carbonyl (C=O) groups excluding carboxylic acids is 1. The third-order valence-corrected chi connectivity index (χ3v) is 2.67. The molecule has 0 aromatic heterocycles. The summed E-state index contributed by atoms with van der Waals surface area (Å²) in [6, 6.07) is 6.76. The van der Waals surface area contributed by atoms with Gasteiger partial charge in [0.1, 0.15) is 0 Å². The molecule has 1 aromatic rings. The van der Waals surface area contributed by atoms with Crippen molar-refractivity contribution < 1.29 is 13.7 Å². The lowest BCUT2D eigenvalue weighted by atomic mass is 10.2. The molecule has 76 valence electrons. The maximum atomic E-state index is 11.4. The molecule has 0 amide bonds. The lowest BCUT2D eigenvalue weighted by Crippen LogP contribution is -2.08. The van der Waals surface area contributed by atoms with E-state index in [2.05, 4.69) is 0 Å². The molecular formula is C10H12O3S. The minimum absolute atomic E-state index is 0.323. The van der Waals surface area contributed by atoms with Crippen molar-refractivity contribution in [2.75, 3.05) is 12.9 Å². The van der Waals surface area contributed by atoms with Gasteiger partial charge in [0.15, 0.2) is 0 Å². The number of ether oxygens (including phenoxy) is 1. The standard InChI is InChI=1S/C10H12O3S/c1-3-13-10(11)8-6-4-5-7-9(8)14(2)12/h4-7H,3H2,1-2H3. The van der Waals surface area contributed by atoms with Crippen LogP contribution < -0.4 is 0 Å². The monoisotopic (exact) mass is 212 g/mol. The summed E-state index contributed by atoms with van der Waals surface area (Å²) in [5.41, 5.74) is 0.384. The maximum Gasteiger partial charge on any atom is 0.339 e. The van der Waals surface area contributed by atoms with Crippen LogP contribution in [-0.2, 0) is 15.5 Å². The second kappa shape index (κ2) is 4.91. The first-order chi connectivity index (χ1) is 6.66. The summed E-state index contributed by atoms with van der Waals surface area (Å²) in [4.78, 5) is 11.9. The van der Waals surface area contributed by atoms with Crippen LogP contribution in [0.5, 0.6) is 0 Å². The van der Waals surface area contributed by atoms with E-state index in [4.69, 9.17) is 4.74 Å². The third kappa shape index (κ3) is 2.42. The Morgan fingerprint density at radius 2 is 2.07 bits per heavy atom. The average Bonchev–Trinajstić information content (AvgIpc) is 2.18. The van der Waals surface area contributed by atoms with Crippen molar-refractivity contribution in [3.05, 3.63) is 29.8 Å². The number of carbonyl (C=O) groups is 1. The molecule has 0 radical (unpaired) electrons. The molecular weight excluding hydrogens is 200 g/mol. The van der Waals surface area contributed by atoms with Crippen LogP contribution in [0.15, 0.2) is 29.2 Å². The molecule has 0 aliphatic carbocycles. The van der Waals surface area contributed by atoms with Crippen molar-refractivity contribution in [3.63, 3.8) is 0 Å². The Morgan fingerprint density at radius 1 is 1.43 bits per heavy atom. The fourth-order valence-corrected chi connectivity index (χ4v) is 1.83. The topological polar surface area (TPSA) is 43.4 Å². The van der Waals surface area contributed by atoms with E-state index in [9.17, 15) is 9.00 Å². The van der Waals surface area contributed by atoms with Crippen molar-refractivity contribution in [1.82, 2.24) is 0 Å². The van der Waals surface area contributed by atoms with Crippen LogP contribution in [-0.4, -0.2) is 23.0 Å². The van der Waals surface area contributed by atoms with E-state index < -0.39 is 16.8 Å². The highest BCUT2D eigenvalue weighted by Crippen LogP contribution is 2.13. The molecule has 1 atom stereocenters. The SMILES string of the molecule is CCOC(=O)c1ccccc1S(C)=O. The zero-order chi connectivity index (χ0) is 10.6. The van der Waals surface area contributed by atoms with Gasteiger partial charge in [-0.1, -0.05) is 12.1 Å². The summed E-state index contributed by atoms with van der Waals surface area (Å²) in [5, 5.41) is 0. The smallest absolute Gasteiger partial charge is 0.339 e. The minimum Gasteiger partial charge on any atom is -0.462 e. The summed E-state index contributed by atoms with van der Waals surface area (Å²) in [5.74, 6) is -0.418. The van der Waals surface area contributed by atoms with Gasteiger partial charge in [-0.25, -0.2) is 4.79 Å². The van der Waals surface area contributed by atoms with Crippen LogP contribution in [0.1, 0.15) is 17.3 Å². The second-order valence-corrected chi connectivity index (χ2v) is 4.02. The predicted octanol–water partition coefficient (Wildman–Crippen LogP) is 1.60. The van der Waals surface area contributed by atoms with Crippen molar-refractivity contribution in [1.29, 1.82) is 0 Å². The van der Waals surface area contributed by atoms with Crippen LogP contribution >= 0.6 is 0 Å². The van der Waals surface area contributed by atoms with E-state index in [0.29, 0.717) is 17.1 Å². The van der Waals surface area contributed by atoms with Crippen LogP contribution in [0.2, 0.25) is 0 Å². The van der Waals surface area contributed by atoms with Gasteiger partial charge in [-0.15, -0.1) is 0 Å². The molecule has 0 heterocycles. The lowest BCUT2D eigenvalue weighted by molar-refractivity contribution is 0.0522. The summed E-state index contributed by atoms with van der Waals surface area (Å²) in [6.45, 7) is 2.06. The summed E-state index contributed by atoms with van der Waals surface area (Å²) in [7, 11) is -1.17. The van der Waals surface area contributed by atoms with Gasteiger partial charge in [0.25, 0.3) is 0 Å². The van der Waals surface area contributed by atoms with Gasteiger partial charge >= 0.3 is 5.97 Å². The van der Waals surface area contributed by atoms with Crippen molar-refractivity contribution in [2.24, 2.45) is 0 Å².